The van der Waals surface area contributed by atoms with Gasteiger partial charge in [-0.2, -0.15) is 0 Å². The van der Waals surface area contributed by atoms with Gasteiger partial charge >= 0.3 is 0 Å². The standard InChI is InChI=1S/C20H17NO2/c1-23-17-8-9-20(22)19(14-17)18-5-3-2-4-16(18)7-6-15-10-12-21-13-11-15/h2-14,22H,1H3. The van der Waals surface area contributed by atoms with E-state index in [1.165, 1.54) is 0 Å². The van der Waals surface area contributed by atoms with E-state index in [9.17, 15) is 5.11 Å². The Bertz CT molecular complexity index is 826. The minimum absolute atomic E-state index is 0.232. The molecule has 3 rings (SSSR count). The second kappa shape index (κ2) is 6.79. The lowest BCUT2D eigenvalue weighted by Gasteiger charge is -2.10. The molecule has 0 bridgehead atoms. The van der Waals surface area contributed by atoms with Gasteiger partial charge in [-0.25, -0.2) is 0 Å². The maximum absolute atomic E-state index is 10.2. The van der Waals surface area contributed by atoms with Gasteiger partial charge in [0.05, 0.1) is 7.11 Å². The largest absolute Gasteiger partial charge is 0.507 e. The number of pyridine rings is 1. The highest BCUT2D eigenvalue weighted by molar-refractivity contribution is 5.83. The molecule has 0 amide bonds. The third-order valence-corrected chi connectivity index (χ3v) is 3.62. The molecular formula is C20H17NO2. The van der Waals surface area contributed by atoms with Crippen LogP contribution in [0.15, 0.2) is 67.0 Å². The lowest BCUT2D eigenvalue weighted by molar-refractivity contribution is 0.412. The summed E-state index contributed by atoms with van der Waals surface area (Å²) in [5, 5.41) is 10.2. The van der Waals surface area contributed by atoms with Crippen LogP contribution in [0, 0.1) is 0 Å². The Morgan fingerprint density at radius 1 is 0.913 bits per heavy atom. The van der Waals surface area contributed by atoms with E-state index in [0.29, 0.717) is 5.75 Å². The molecule has 3 aromatic rings. The lowest BCUT2D eigenvalue weighted by atomic mass is 9.98. The van der Waals surface area contributed by atoms with Gasteiger partial charge < -0.3 is 9.84 Å². The summed E-state index contributed by atoms with van der Waals surface area (Å²) in [6, 6.07) is 17.1. The molecule has 0 aliphatic carbocycles. The minimum Gasteiger partial charge on any atom is -0.507 e. The van der Waals surface area contributed by atoms with Gasteiger partial charge in [0.15, 0.2) is 0 Å². The molecule has 0 atom stereocenters. The fourth-order valence-corrected chi connectivity index (χ4v) is 2.41. The second-order valence-corrected chi connectivity index (χ2v) is 5.08. The number of rotatable bonds is 4. The number of aromatic nitrogens is 1. The van der Waals surface area contributed by atoms with E-state index in [1.807, 2.05) is 54.6 Å². The first kappa shape index (κ1) is 14.9. The fourth-order valence-electron chi connectivity index (χ4n) is 2.41. The Labute approximate surface area is 135 Å². The number of hydrogen-bond donors (Lipinski definition) is 1. The number of phenols is 1. The molecule has 23 heavy (non-hydrogen) atoms. The highest BCUT2D eigenvalue weighted by Gasteiger charge is 2.09. The van der Waals surface area contributed by atoms with Crippen LogP contribution < -0.4 is 4.74 Å². The van der Waals surface area contributed by atoms with Gasteiger partial charge in [-0.05, 0) is 47.0 Å². The van der Waals surface area contributed by atoms with Crippen LogP contribution in [0.1, 0.15) is 11.1 Å². The first-order valence-electron chi connectivity index (χ1n) is 7.32. The Balaban J connectivity index is 2.03. The maximum atomic E-state index is 10.2. The van der Waals surface area contributed by atoms with Crippen LogP contribution in [0.2, 0.25) is 0 Å². The maximum Gasteiger partial charge on any atom is 0.123 e. The molecule has 0 fully saturated rings. The zero-order valence-corrected chi connectivity index (χ0v) is 12.8. The van der Waals surface area contributed by atoms with E-state index in [-0.39, 0.29) is 5.75 Å². The first-order valence-corrected chi connectivity index (χ1v) is 7.32. The summed E-state index contributed by atoms with van der Waals surface area (Å²) in [6.07, 6.45) is 7.58. The van der Waals surface area contributed by atoms with Crippen LogP contribution >= 0.6 is 0 Å². The Hall–Kier alpha value is -3.07. The first-order chi connectivity index (χ1) is 11.3. The topological polar surface area (TPSA) is 42.4 Å². The molecule has 1 aromatic heterocycles. The van der Waals surface area contributed by atoms with Crippen molar-refractivity contribution in [1.82, 2.24) is 4.98 Å². The van der Waals surface area contributed by atoms with Crippen LogP contribution in [0.3, 0.4) is 0 Å². The van der Waals surface area contributed by atoms with Gasteiger partial charge in [-0.15, -0.1) is 0 Å². The summed E-state index contributed by atoms with van der Waals surface area (Å²) < 4.78 is 5.26. The van der Waals surface area contributed by atoms with Crippen LogP contribution in [-0.4, -0.2) is 17.2 Å². The molecule has 0 saturated carbocycles. The Morgan fingerprint density at radius 2 is 1.70 bits per heavy atom. The third-order valence-electron chi connectivity index (χ3n) is 3.62. The van der Waals surface area contributed by atoms with Crippen molar-refractivity contribution >= 4 is 12.2 Å². The van der Waals surface area contributed by atoms with E-state index in [0.717, 1.165) is 22.3 Å². The van der Waals surface area contributed by atoms with Crippen LogP contribution in [0.25, 0.3) is 23.3 Å². The summed E-state index contributed by atoms with van der Waals surface area (Å²) in [7, 11) is 1.62. The summed E-state index contributed by atoms with van der Waals surface area (Å²) in [5.74, 6) is 0.946. The number of nitrogens with zero attached hydrogens (tertiary/aromatic N) is 1. The summed E-state index contributed by atoms with van der Waals surface area (Å²) in [5.41, 5.74) is 3.80. The molecule has 0 aliphatic rings. The smallest absolute Gasteiger partial charge is 0.123 e. The fraction of sp³-hybridized carbons (Fsp3) is 0.0500. The Kier molecular flexibility index (Phi) is 4.39. The molecule has 3 heteroatoms. The number of benzene rings is 2. The van der Waals surface area contributed by atoms with Crippen molar-refractivity contribution in [2.75, 3.05) is 7.11 Å². The summed E-state index contributed by atoms with van der Waals surface area (Å²) >= 11 is 0. The number of ether oxygens (including phenoxy) is 1. The number of phenolic OH excluding ortho intramolecular Hbond substituents is 1. The summed E-state index contributed by atoms with van der Waals surface area (Å²) in [6.45, 7) is 0. The van der Waals surface area contributed by atoms with E-state index >= 15 is 0 Å². The van der Waals surface area contributed by atoms with Gasteiger partial charge in [0.2, 0.25) is 0 Å². The molecule has 2 aromatic carbocycles. The number of hydrogen-bond acceptors (Lipinski definition) is 3. The molecule has 1 N–H and O–H groups in total. The van der Waals surface area contributed by atoms with Crippen molar-refractivity contribution in [1.29, 1.82) is 0 Å². The van der Waals surface area contributed by atoms with E-state index < -0.39 is 0 Å². The number of aromatic hydroxyl groups is 1. The van der Waals surface area contributed by atoms with Crippen molar-refractivity contribution in [3.05, 3.63) is 78.1 Å². The van der Waals surface area contributed by atoms with Crippen molar-refractivity contribution in [2.24, 2.45) is 0 Å². The van der Waals surface area contributed by atoms with Gasteiger partial charge in [-0.3, -0.25) is 4.98 Å². The van der Waals surface area contributed by atoms with Crippen molar-refractivity contribution in [2.45, 2.75) is 0 Å². The quantitative estimate of drug-likeness (QED) is 0.764. The van der Waals surface area contributed by atoms with E-state index in [1.54, 1.807) is 31.6 Å². The molecule has 114 valence electrons. The zero-order valence-electron chi connectivity index (χ0n) is 12.8. The van der Waals surface area contributed by atoms with Gasteiger partial charge in [0.25, 0.3) is 0 Å². The Morgan fingerprint density at radius 3 is 2.48 bits per heavy atom. The highest BCUT2D eigenvalue weighted by Crippen LogP contribution is 2.35. The van der Waals surface area contributed by atoms with E-state index in [4.69, 9.17) is 4.74 Å². The third kappa shape index (κ3) is 3.40. The molecule has 0 saturated heterocycles. The average molecular weight is 303 g/mol. The van der Waals surface area contributed by atoms with Gasteiger partial charge in [-0.1, -0.05) is 36.4 Å². The minimum atomic E-state index is 0.232. The van der Waals surface area contributed by atoms with Crippen LogP contribution in [0.4, 0.5) is 0 Å². The van der Waals surface area contributed by atoms with Crippen LogP contribution in [-0.2, 0) is 0 Å². The second-order valence-electron chi connectivity index (χ2n) is 5.08. The predicted octanol–water partition coefficient (Wildman–Crippen LogP) is 4.63. The van der Waals surface area contributed by atoms with Crippen LogP contribution in [0.5, 0.6) is 11.5 Å². The monoisotopic (exact) mass is 303 g/mol. The SMILES string of the molecule is COc1ccc(O)c(-c2ccccc2C=Cc2ccncc2)c1. The zero-order chi connectivity index (χ0) is 16.1. The highest BCUT2D eigenvalue weighted by atomic mass is 16.5. The van der Waals surface area contributed by atoms with Gasteiger partial charge in [0.1, 0.15) is 11.5 Å². The van der Waals surface area contributed by atoms with Crippen molar-refractivity contribution in [3.63, 3.8) is 0 Å². The molecule has 3 nitrogen and oxygen atoms in total. The van der Waals surface area contributed by atoms with Crippen molar-refractivity contribution in [3.8, 4) is 22.6 Å². The predicted molar refractivity (Wildman–Crippen MR) is 93.3 cm³/mol. The molecular weight excluding hydrogens is 286 g/mol. The van der Waals surface area contributed by atoms with Crippen molar-refractivity contribution < 1.29 is 9.84 Å². The molecule has 0 radical (unpaired) electrons. The lowest BCUT2D eigenvalue weighted by Crippen LogP contribution is -1.87. The average Bonchev–Trinajstić information content (AvgIpc) is 2.62. The number of methoxy groups -OCH3 is 1. The van der Waals surface area contributed by atoms with Gasteiger partial charge in [0, 0.05) is 18.0 Å². The normalized spacial score (nSPS) is 10.8. The summed E-state index contributed by atoms with van der Waals surface area (Å²) in [4.78, 5) is 4.02. The molecule has 0 unspecified atom stereocenters. The molecule has 1 heterocycles. The molecule has 0 spiro atoms. The molecule has 0 aliphatic heterocycles. The van der Waals surface area contributed by atoms with E-state index in [2.05, 4.69) is 4.98 Å².